The Morgan fingerprint density at radius 1 is 1.07 bits per heavy atom. The van der Waals surface area contributed by atoms with Crippen LogP contribution in [0.5, 0.6) is 17.2 Å². The molecule has 0 amide bonds. The van der Waals surface area contributed by atoms with E-state index >= 15 is 0 Å². The van der Waals surface area contributed by atoms with Crippen molar-refractivity contribution in [2.24, 2.45) is 0 Å². The van der Waals surface area contributed by atoms with E-state index in [1.54, 1.807) is 27.5 Å². The van der Waals surface area contributed by atoms with Gasteiger partial charge in [-0.15, -0.1) is 0 Å². The van der Waals surface area contributed by atoms with Gasteiger partial charge < -0.3 is 41.8 Å². The fraction of sp³-hybridized carbons (Fsp3) is 0.286. The van der Waals surface area contributed by atoms with Gasteiger partial charge in [-0.05, 0) is 17.7 Å². The molecule has 0 aliphatic rings. The van der Waals surface area contributed by atoms with E-state index in [1.807, 2.05) is 12.1 Å². The number of benzene rings is 1. The Bertz CT molecular complexity index is 776. The van der Waals surface area contributed by atoms with Crippen molar-refractivity contribution in [1.82, 2.24) is 9.97 Å². The number of phosphoric acid groups is 1. The van der Waals surface area contributed by atoms with Crippen LogP contribution in [0.15, 0.2) is 18.3 Å². The predicted molar refractivity (Wildman–Crippen MR) is 95.1 cm³/mol. The maximum Gasteiger partial charge on any atom is 1.00 e. The molecule has 27 heavy (non-hydrogen) atoms. The SMILES string of the molecule is COc1cc(Cc2cnc(N)nc2N)cc(OC)c1OC.O=P(O)(O)O.[H-].[Na+]. The van der Waals surface area contributed by atoms with E-state index in [0.717, 1.165) is 11.1 Å². The number of anilines is 2. The van der Waals surface area contributed by atoms with E-state index in [1.165, 1.54) is 0 Å². The second-order valence-electron chi connectivity index (χ2n) is 4.86. The molecule has 0 unspecified atom stereocenters. The summed E-state index contributed by atoms with van der Waals surface area (Å²) in [5.41, 5.74) is 13.1. The molecule has 0 aliphatic carbocycles. The fourth-order valence-electron chi connectivity index (χ4n) is 2.03. The zero-order valence-electron chi connectivity index (χ0n) is 16.4. The molecule has 1 aromatic heterocycles. The molecule has 0 spiro atoms. The summed E-state index contributed by atoms with van der Waals surface area (Å²) < 4.78 is 24.8. The molecule has 0 fully saturated rings. The minimum atomic E-state index is -4.64. The van der Waals surface area contributed by atoms with Crippen LogP contribution in [-0.2, 0) is 11.0 Å². The van der Waals surface area contributed by atoms with Crippen molar-refractivity contribution in [3.63, 3.8) is 0 Å². The smallest absolute Gasteiger partial charge is 1.00 e. The Labute approximate surface area is 179 Å². The Hall–Kier alpha value is -1.59. The zero-order chi connectivity index (χ0) is 19.9. The summed E-state index contributed by atoms with van der Waals surface area (Å²) in [7, 11) is 0.0649. The summed E-state index contributed by atoms with van der Waals surface area (Å²) in [6.45, 7) is 0. The Balaban J connectivity index is 0. The minimum Gasteiger partial charge on any atom is -1.00 e. The third-order valence-corrected chi connectivity index (χ3v) is 3.04. The average Bonchev–Trinajstić information content (AvgIpc) is 2.54. The maximum atomic E-state index is 8.88. The summed E-state index contributed by atoms with van der Waals surface area (Å²) in [5, 5.41) is 0. The van der Waals surface area contributed by atoms with Crippen LogP contribution < -0.4 is 55.2 Å². The molecule has 0 radical (unpaired) electrons. The molecule has 2 rings (SSSR count). The van der Waals surface area contributed by atoms with Crippen LogP contribution in [0.4, 0.5) is 11.8 Å². The van der Waals surface area contributed by atoms with Gasteiger partial charge in [0.2, 0.25) is 11.7 Å². The van der Waals surface area contributed by atoms with Gasteiger partial charge >= 0.3 is 37.4 Å². The first-order valence-corrected chi connectivity index (χ1v) is 8.59. The van der Waals surface area contributed by atoms with Crippen LogP contribution in [-0.4, -0.2) is 46.0 Å². The molecule has 7 N–H and O–H groups in total. The van der Waals surface area contributed by atoms with Gasteiger partial charge in [-0.25, -0.2) is 9.55 Å². The van der Waals surface area contributed by atoms with Gasteiger partial charge in [-0.3, -0.25) is 0 Å². The first-order valence-electron chi connectivity index (χ1n) is 7.03. The summed E-state index contributed by atoms with van der Waals surface area (Å²) in [5.74, 6) is 2.23. The Kier molecular flexibility index (Phi) is 10.6. The van der Waals surface area contributed by atoms with Gasteiger partial charge in [0.25, 0.3) is 0 Å². The third-order valence-electron chi connectivity index (χ3n) is 3.04. The fourth-order valence-corrected chi connectivity index (χ4v) is 2.03. The number of methoxy groups -OCH3 is 3. The van der Waals surface area contributed by atoms with Crippen molar-refractivity contribution < 1.29 is 64.4 Å². The molecule has 2 aromatic rings. The largest absolute Gasteiger partial charge is 1.00 e. The standard InChI is InChI=1S/C14H18N4O3.Na.H3O4P.H/c1-19-10-5-8(6-11(20-2)12(10)21-3)4-9-7-17-14(16)18-13(9)15;;1-5(2,3)4;/h5-7H,4H2,1-3H3,(H4,15,16,17,18);;(H3,1,2,3,4);/q;+1;;-1. The number of hydrogen-bond donors (Lipinski definition) is 5. The third kappa shape index (κ3) is 8.76. The molecule has 1 heterocycles. The van der Waals surface area contributed by atoms with Gasteiger partial charge in [-0.1, -0.05) is 0 Å². The van der Waals surface area contributed by atoms with Crippen molar-refractivity contribution in [2.75, 3.05) is 32.8 Å². The van der Waals surface area contributed by atoms with Crippen molar-refractivity contribution in [2.45, 2.75) is 6.42 Å². The van der Waals surface area contributed by atoms with Crippen LogP contribution in [0, 0.1) is 0 Å². The number of aromatic nitrogens is 2. The molecule has 0 atom stereocenters. The first-order chi connectivity index (χ1) is 12.1. The van der Waals surface area contributed by atoms with Crippen molar-refractivity contribution in [3.05, 3.63) is 29.5 Å². The molecule has 146 valence electrons. The molecule has 0 aliphatic heterocycles. The van der Waals surface area contributed by atoms with Gasteiger partial charge in [0.15, 0.2) is 11.5 Å². The number of nitrogen functional groups attached to an aromatic ring is 2. The van der Waals surface area contributed by atoms with Crippen LogP contribution >= 0.6 is 7.82 Å². The van der Waals surface area contributed by atoms with Gasteiger partial charge in [0.05, 0.1) is 21.3 Å². The van der Waals surface area contributed by atoms with Crippen LogP contribution in [0.1, 0.15) is 12.6 Å². The first kappa shape index (κ1) is 25.4. The Morgan fingerprint density at radius 2 is 1.56 bits per heavy atom. The van der Waals surface area contributed by atoms with Crippen LogP contribution in [0.25, 0.3) is 0 Å². The van der Waals surface area contributed by atoms with E-state index < -0.39 is 7.82 Å². The molecule has 0 saturated carbocycles. The quantitative estimate of drug-likeness (QED) is 0.257. The number of ether oxygens (including phenoxy) is 3. The van der Waals surface area contributed by atoms with Crippen molar-refractivity contribution in [3.8, 4) is 17.2 Å². The molecule has 0 bridgehead atoms. The second-order valence-corrected chi connectivity index (χ2v) is 5.89. The van der Waals surface area contributed by atoms with Crippen LogP contribution in [0.2, 0.25) is 0 Å². The normalized spacial score (nSPS) is 10.1. The summed E-state index contributed by atoms with van der Waals surface area (Å²) >= 11 is 0. The van der Waals surface area contributed by atoms with E-state index in [-0.39, 0.29) is 36.9 Å². The summed E-state index contributed by atoms with van der Waals surface area (Å²) in [6, 6.07) is 3.72. The monoisotopic (exact) mass is 412 g/mol. The molecular weight excluding hydrogens is 390 g/mol. The summed E-state index contributed by atoms with van der Waals surface area (Å²) in [4.78, 5) is 29.5. The number of rotatable bonds is 5. The summed E-state index contributed by atoms with van der Waals surface area (Å²) in [6.07, 6.45) is 2.14. The molecule has 13 heteroatoms. The van der Waals surface area contributed by atoms with E-state index in [0.29, 0.717) is 29.5 Å². The zero-order valence-corrected chi connectivity index (χ0v) is 18.3. The minimum absolute atomic E-state index is 0. The molecule has 0 saturated heterocycles. The van der Waals surface area contributed by atoms with E-state index in [9.17, 15) is 0 Å². The van der Waals surface area contributed by atoms with Crippen molar-refractivity contribution in [1.29, 1.82) is 0 Å². The van der Waals surface area contributed by atoms with Gasteiger partial charge in [0, 0.05) is 18.2 Å². The van der Waals surface area contributed by atoms with Gasteiger partial charge in [0.1, 0.15) is 5.82 Å². The van der Waals surface area contributed by atoms with Crippen LogP contribution in [0.3, 0.4) is 0 Å². The number of nitrogens with zero attached hydrogens (tertiary/aromatic N) is 2. The number of hydrogen-bond acceptors (Lipinski definition) is 8. The second kappa shape index (κ2) is 11.3. The van der Waals surface area contributed by atoms with E-state index in [2.05, 4.69) is 9.97 Å². The Morgan fingerprint density at radius 3 is 1.93 bits per heavy atom. The number of nitrogens with two attached hydrogens (primary N) is 2. The topological polar surface area (TPSA) is 183 Å². The average molecular weight is 412 g/mol. The van der Waals surface area contributed by atoms with Crippen molar-refractivity contribution >= 4 is 19.6 Å². The van der Waals surface area contributed by atoms with Gasteiger partial charge in [-0.2, -0.15) is 4.98 Å². The molecular formula is C14H22N4NaO7P. The molecule has 1 aromatic carbocycles. The molecule has 11 nitrogen and oxygen atoms in total. The maximum absolute atomic E-state index is 8.88. The van der Waals surface area contributed by atoms with E-state index in [4.69, 9.17) is 44.9 Å². The predicted octanol–water partition coefficient (Wildman–Crippen LogP) is -2.55.